The molecule has 0 saturated heterocycles. The predicted octanol–water partition coefficient (Wildman–Crippen LogP) is 9.90. The molecule has 0 aliphatic carbocycles. The zero-order valence-electron chi connectivity index (χ0n) is 27.5. The molecule has 0 amide bonds. The molecule has 0 aliphatic rings. The van der Waals surface area contributed by atoms with Crippen LogP contribution in [-0.2, 0) is 0 Å². The third-order valence-electron chi connectivity index (χ3n) is 6.21. The molecule has 1 rings (SSSR count). The molecule has 1 aromatic carbocycles. The number of rotatable bonds is 4. The maximum atomic E-state index is 13.4. The molecule has 220 valence electrons. The van der Waals surface area contributed by atoms with Crippen LogP contribution in [0, 0.1) is 0 Å². The van der Waals surface area contributed by atoms with Gasteiger partial charge in [0.2, 0.25) is 0 Å². The van der Waals surface area contributed by atoms with Gasteiger partial charge in [-0.2, -0.15) is 0 Å². The molecule has 5 nitrogen and oxygen atoms in total. The van der Waals surface area contributed by atoms with E-state index in [4.69, 9.17) is 23.2 Å². The summed E-state index contributed by atoms with van der Waals surface area (Å²) in [6, 6.07) is 0. The van der Waals surface area contributed by atoms with Gasteiger partial charge < -0.3 is 19.8 Å². The van der Waals surface area contributed by atoms with E-state index in [-0.39, 0.29) is 16.6 Å². The van der Waals surface area contributed by atoms with Crippen molar-refractivity contribution in [3.63, 3.8) is 0 Å². The van der Waals surface area contributed by atoms with E-state index in [0.717, 1.165) is 0 Å². The van der Waals surface area contributed by atoms with Crippen molar-refractivity contribution in [2.45, 2.75) is 158 Å². The number of halogens is 2. The van der Waals surface area contributed by atoms with Crippen molar-refractivity contribution >= 4 is 46.2 Å². The molecule has 0 unspecified atom stereocenters. The minimum atomic E-state index is -1.06. The van der Waals surface area contributed by atoms with Gasteiger partial charge in [-0.25, -0.2) is 4.79 Å². The van der Waals surface area contributed by atoms with Gasteiger partial charge in [0.05, 0.1) is 27.1 Å². The Morgan fingerprint density at radius 2 is 0.658 bits per heavy atom. The number of aromatic carboxylic acids is 1. The second-order valence-electron chi connectivity index (χ2n) is 16.4. The van der Waals surface area contributed by atoms with E-state index in [1.54, 1.807) is 0 Å². The number of carbonyl (C=O) groups is 1. The Kier molecular flexibility index (Phi) is 9.36. The highest BCUT2D eigenvalue weighted by Crippen LogP contribution is 2.56. The molecule has 1 N–H and O–H groups in total. The van der Waals surface area contributed by atoms with Crippen LogP contribution < -0.4 is 14.7 Å². The summed E-state index contributed by atoms with van der Waals surface area (Å²) >= 11 is 14.9. The molecule has 0 aromatic heterocycles. The number of hydrogen-bond acceptors (Lipinski definition) is 4. The first-order valence-corrected chi connectivity index (χ1v) is 14.3. The van der Waals surface area contributed by atoms with Crippen LogP contribution in [0.1, 0.15) is 135 Å². The second kappa shape index (κ2) is 10.3. The van der Waals surface area contributed by atoms with Gasteiger partial charge in [0.15, 0.2) is 0 Å². The summed E-state index contributed by atoms with van der Waals surface area (Å²) < 4.78 is 0. The summed E-state index contributed by atoms with van der Waals surface area (Å²) in [5, 5.41) is 11.6. The maximum absolute atomic E-state index is 13.4. The molecule has 0 spiro atoms. The topological polar surface area (TPSA) is 47.0 Å². The third-order valence-corrected chi connectivity index (χ3v) is 6.93. The van der Waals surface area contributed by atoms with Crippen LogP contribution in [0.2, 0.25) is 10.0 Å². The number of hydrogen-bond donors (Lipinski definition) is 1. The largest absolute Gasteiger partial charge is 0.478 e. The monoisotopic (exact) mass is 571 g/mol. The van der Waals surface area contributed by atoms with Crippen molar-refractivity contribution in [2.24, 2.45) is 0 Å². The van der Waals surface area contributed by atoms with Crippen LogP contribution in [-0.4, -0.2) is 44.3 Å². The van der Waals surface area contributed by atoms with E-state index < -0.39 is 28.1 Å². The summed E-state index contributed by atoms with van der Waals surface area (Å²) in [5.41, 5.74) is -0.763. The van der Waals surface area contributed by atoms with Gasteiger partial charge in [-0.15, -0.1) is 0 Å². The van der Waals surface area contributed by atoms with Crippen molar-refractivity contribution in [3.8, 4) is 0 Å². The fourth-order valence-corrected chi connectivity index (χ4v) is 7.27. The number of anilines is 3. The van der Waals surface area contributed by atoms with Crippen LogP contribution in [0.25, 0.3) is 0 Å². The molecule has 0 heterocycles. The minimum absolute atomic E-state index is 0.126. The van der Waals surface area contributed by atoms with Crippen molar-refractivity contribution in [2.75, 3.05) is 14.7 Å². The molecule has 1 aromatic rings. The van der Waals surface area contributed by atoms with Crippen molar-refractivity contribution in [1.29, 1.82) is 0 Å². The summed E-state index contributed by atoms with van der Waals surface area (Å²) in [6.07, 6.45) is 0. The summed E-state index contributed by atoms with van der Waals surface area (Å²) in [7, 11) is 0. The number of carboxylic acids is 1. The van der Waals surface area contributed by atoms with Crippen LogP contribution in [0.4, 0.5) is 17.1 Å². The Bertz CT molecular complexity index is 937. The maximum Gasteiger partial charge on any atom is 0.340 e. The second-order valence-corrected chi connectivity index (χ2v) is 17.1. The lowest BCUT2D eigenvalue weighted by molar-refractivity contribution is 0.0697. The highest BCUT2D eigenvalue weighted by Gasteiger charge is 2.46. The Hall–Kier alpha value is -1.33. The first-order chi connectivity index (χ1) is 16.4. The smallest absolute Gasteiger partial charge is 0.340 e. The Balaban J connectivity index is 4.85. The SMILES string of the molecule is CC(C)(C)N(c1c(Cl)c(N(C(C)(C)C)C(C)(C)C)c(C(=O)O)c(N(C(C)(C)C)C(C)(C)C)c1Cl)C(C)(C)C. The summed E-state index contributed by atoms with van der Waals surface area (Å²) in [6.45, 7) is 37.8. The van der Waals surface area contributed by atoms with Crippen molar-refractivity contribution in [3.05, 3.63) is 15.6 Å². The Labute approximate surface area is 243 Å². The fraction of sp³-hybridized carbons (Fsp3) is 0.774. The Morgan fingerprint density at radius 3 is 0.816 bits per heavy atom. The van der Waals surface area contributed by atoms with E-state index >= 15 is 0 Å². The molecular weight excluding hydrogens is 517 g/mol. The minimum Gasteiger partial charge on any atom is -0.478 e. The molecule has 0 saturated carbocycles. The van der Waals surface area contributed by atoms with E-state index in [1.165, 1.54) is 0 Å². The van der Waals surface area contributed by atoms with Crippen LogP contribution in [0.5, 0.6) is 0 Å². The zero-order valence-corrected chi connectivity index (χ0v) is 29.0. The van der Waals surface area contributed by atoms with Crippen LogP contribution in [0.15, 0.2) is 0 Å². The fourth-order valence-electron chi connectivity index (χ4n) is 6.50. The molecule has 0 radical (unpaired) electrons. The number of benzene rings is 1. The van der Waals surface area contributed by atoms with Gasteiger partial charge in [-0.3, -0.25) is 0 Å². The highest BCUT2D eigenvalue weighted by molar-refractivity contribution is 6.44. The van der Waals surface area contributed by atoms with Gasteiger partial charge in [0.1, 0.15) is 5.56 Å². The normalized spacial score (nSPS) is 14.0. The van der Waals surface area contributed by atoms with Gasteiger partial charge in [-0.05, 0) is 125 Å². The Morgan fingerprint density at radius 1 is 0.474 bits per heavy atom. The first-order valence-electron chi connectivity index (χ1n) is 13.6. The molecule has 7 heteroatoms. The molecule has 0 aliphatic heterocycles. The van der Waals surface area contributed by atoms with Crippen LogP contribution in [0.3, 0.4) is 0 Å². The van der Waals surface area contributed by atoms with Crippen molar-refractivity contribution in [1.82, 2.24) is 0 Å². The zero-order chi connectivity index (χ0) is 30.8. The number of nitrogens with zero attached hydrogens (tertiary/aromatic N) is 3. The third kappa shape index (κ3) is 7.05. The standard InChI is InChI=1S/C31H55Cl2N3O2/c1-26(2,3)34(27(4,5)6)22-19(25(37)38)23(35(28(7,8)9)29(10,11)12)21(33)24(20(22)32)36(30(13,14)15)31(16,17)18/h1-18H3,(H,37,38). The molecule has 0 atom stereocenters. The summed E-state index contributed by atoms with van der Waals surface area (Å²) in [4.78, 5) is 19.9. The average molecular weight is 573 g/mol. The molecule has 0 fully saturated rings. The van der Waals surface area contributed by atoms with E-state index in [1.807, 2.05) is 0 Å². The molecule has 38 heavy (non-hydrogen) atoms. The van der Waals surface area contributed by atoms with Gasteiger partial charge >= 0.3 is 5.97 Å². The average Bonchev–Trinajstić information content (AvgIpc) is 2.55. The highest BCUT2D eigenvalue weighted by atomic mass is 35.5. The first kappa shape index (κ1) is 34.7. The van der Waals surface area contributed by atoms with Crippen LogP contribution >= 0.6 is 23.2 Å². The van der Waals surface area contributed by atoms with Gasteiger partial charge in [0, 0.05) is 33.2 Å². The molecule has 0 bridgehead atoms. The lowest BCUT2D eigenvalue weighted by Gasteiger charge is -2.53. The lowest BCUT2D eigenvalue weighted by Crippen LogP contribution is -2.56. The van der Waals surface area contributed by atoms with E-state index in [9.17, 15) is 9.90 Å². The molecular formula is C31H55Cl2N3O2. The van der Waals surface area contributed by atoms with E-state index in [2.05, 4.69) is 139 Å². The van der Waals surface area contributed by atoms with E-state index in [0.29, 0.717) is 27.1 Å². The summed E-state index contributed by atoms with van der Waals surface area (Å²) in [5.74, 6) is -1.06. The van der Waals surface area contributed by atoms with Gasteiger partial charge in [0.25, 0.3) is 0 Å². The predicted molar refractivity (Wildman–Crippen MR) is 169 cm³/mol. The number of carboxylic acid groups (broad SMARTS) is 1. The van der Waals surface area contributed by atoms with Crippen molar-refractivity contribution < 1.29 is 9.90 Å². The lowest BCUT2D eigenvalue weighted by atomic mass is 9.88. The quantitative estimate of drug-likeness (QED) is 0.389. The van der Waals surface area contributed by atoms with Gasteiger partial charge in [-0.1, -0.05) is 23.2 Å².